The average molecular weight is 226 g/mol. The Balaban J connectivity index is 2.34. The highest BCUT2D eigenvalue weighted by atomic mass is 16.5. The van der Waals surface area contributed by atoms with Crippen molar-refractivity contribution in [2.24, 2.45) is 0 Å². The molecule has 0 N–H and O–H groups in total. The Morgan fingerprint density at radius 1 is 1.00 bits per heavy atom. The molecule has 0 aliphatic rings. The summed E-state index contributed by atoms with van der Waals surface area (Å²) in [6, 6.07) is 15.9. The molecule has 17 heavy (non-hydrogen) atoms. The van der Waals surface area contributed by atoms with E-state index in [1.807, 2.05) is 43.3 Å². The number of esters is 1. The second kappa shape index (κ2) is 4.83. The van der Waals surface area contributed by atoms with Crippen molar-refractivity contribution in [1.82, 2.24) is 0 Å². The summed E-state index contributed by atoms with van der Waals surface area (Å²) in [5.74, 6) is 0.331. The van der Waals surface area contributed by atoms with Gasteiger partial charge in [-0.3, -0.25) is 4.79 Å². The van der Waals surface area contributed by atoms with Crippen LogP contribution in [0.4, 0.5) is 0 Å². The van der Waals surface area contributed by atoms with E-state index in [4.69, 9.17) is 4.74 Å². The van der Waals surface area contributed by atoms with Crippen molar-refractivity contribution < 1.29 is 9.53 Å². The van der Waals surface area contributed by atoms with E-state index in [0.717, 1.165) is 16.7 Å². The van der Waals surface area contributed by atoms with Gasteiger partial charge in [0.05, 0.1) is 0 Å². The predicted octanol–water partition coefficient (Wildman–Crippen LogP) is 3.59. The van der Waals surface area contributed by atoms with Gasteiger partial charge < -0.3 is 4.74 Å². The highest BCUT2D eigenvalue weighted by Gasteiger charge is 2.04. The molecule has 2 aromatic carbocycles. The van der Waals surface area contributed by atoms with Gasteiger partial charge in [0.15, 0.2) is 0 Å². The summed E-state index contributed by atoms with van der Waals surface area (Å²) in [4.78, 5) is 10.9. The summed E-state index contributed by atoms with van der Waals surface area (Å²) in [5.41, 5.74) is 3.24. The van der Waals surface area contributed by atoms with Gasteiger partial charge in [0, 0.05) is 6.92 Å². The van der Waals surface area contributed by atoms with Crippen LogP contribution in [0.3, 0.4) is 0 Å². The quantitative estimate of drug-likeness (QED) is 0.578. The molecule has 0 amide bonds. The zero-order valence-corrected chi connectivity index (χ0v) is 9.94. The molecule has 0 aliphatic carbocycles. The lowest BCUT2D eigenvalue weighted by Crippen LogP contribution is -2.02. The Morgan fingerprint density at radius 2 is 1.71 bits per heavy atom. The molecular formula is C15H14O2. The maximum atomic E-state index is 10.9. The van der Waals surface area contributed by atoms with Crippen LogP contribution in [-0.2, 0) is 4.79 Å². The lowest BCUT2D eigenvalue weighted by atomic mass is 10.0. The minimum absolute atomic E-state index is 0.291. The molecule has 2 nitrogen and oxygen atoms in total. The van der Waals surface area contributed by atoms with Crippen LogP contribution >= 0.6 is 0 Å². The lowest BCUT2D eigenvalue weighted by Gasteiger charge is -2.08. The predicted molar refractivity (Wildman–Crippen MR) is 67.9 cm³/mol. The van der Waals surface area contributed by atoms with Gasteiger partial charge >= 0.3 is 5.97 Å². The number of ether oxygens (including phenoxy) is 1. The van der Waals surface area contributed by atoms with Gasteiger partial charge in [-0.2, -0.15) is 0 Å². The van der Waals surface area contributed by atoms with Gasteiger partial charge in [-0.05, 0) is 35.7 Å². The standard InChI is InChI=1S/C15H14O2/c1-11-10-14(13-6-4-3-5-7-13)8-9-15(11)17-12(2)16/h3-10H,1-2H3. The van der Waals surface area contributed by atoms with Crippen molar-refractivity contribution in [1.29, 1.82) is 0 Å². The minimum Gasteiger partial charge on any atom is -0.426 e. The van der Waals surface area contributed by atoms with E-state index in [-0.39, 0.29) is 5.97 Å². The largest absolute Gasteiger partial charge is 0.426 e. The fourth-order valence-electron chi connectivity index (χ4n) is 1.73. The molecule has 0 fully saturated rings. The van der Waals surface area contributed by atoms with E-state index < -0.39 is 0 Å². The summed E-state index contributed by atoms with van der Waals surface area (Å²) >= 11 is 0. The smallest absolute Gasteiger partial charge is 0.308 e. The second-order valence-corrected chi connectivity index (χ2v) is 3.94. The highest BCUT2D eigenvalue weighted by Crippen LogP contribution is 2.26. The minimum atomic E-state index is -0.291. The van der Waals surface area contributed by atoms with Crippen LogP contribution in [0.2, 0.25) is 0 Å². The molecule has 0 saturated carbocycles. The summed E-state index contributed by atoms with van der Waals surface area (Å²) in [5, 5.41) is 0. The fourth-order valence-corrected chi connectivity index (χ4v) is 1.73. The zero-order valence-electron chi connectivity index (χ0n) is 9.94. The normalized spacial score (nSPS) is 10.0. The Hall–Kier alpha value is -2.09. The molecule has 0 radical (unpaired) electrons. The summed E-state index contributed by atoms with van der Waals surface area (Å²) < 4.78 is 5.10. The molecule has 2 aromatic rings. The van der Waals surface area contributed by atoms with Crippen molar-refractivity contribution in [2.45, 2.75) is 13.8 Å². The molecule has 0 heterocycles. The third-order valence-corrected chi connectivity index (χ3v) is 2.54. The molecule has 86 valence electrons. The van der Waals surface area contributed by atoms with Gasteiger partial charge in [-0.15, -0.1) is 0 Å². The van der Waals surface area contributed by atoms with Gasteiger partial charge in [-0.1, -0.05) is 36.4 Å². The number of rotatable bonds is 2. The number of carbonyl (C=O) groups excluding carboxylic acids is 1. The Labute approximate surface area is 101 Å². The van der Waals surface area contributed by atoms with Crippen LogP contribution in [0.15, 0.2) is 48.5 Å². The first-order valence-electron chi connectivity index (χ1n) is 5.51. The van der Waals surface area contributed by atoms with E-state index in [0.29, 0.717) is 5.75 Å². The van der Waals surface area contributed by atoms with Gasteiger partial charge in [0.1, 0.15) is 5.75 Å². The molecule has 0 bridgehead atoms. The van der Waals surface area contributed by atoms with Crippen LogP contribution in [0, 0.1) is 6.92 Å². The van der Waals surface area contributed by atoms with E-state index in [1.165, 1.54) is 6.92 Å². The maximum absolute atomic E-state index is 10.9. The van der Waals surface area contributed by atoms with Crippen molar-refractivity contribution in [2.75, 3.05) is 0 Å². The van der Waals surface area contributed by atoms with Crippen molar-refractivity contribution in [3.8, 4) is 16.9 Å². The van der Waals surface area contributed by atoms with Crippen molar-refractivity contribution >= 4 is 5.97 Å². The molecule has 2 heteroatoms. The molecule has 0 aromatic heterocycles. The Kier molecular flexibility index (Phi) is 3.24. The van der Waals surface area contributed by atoms with Gasteiger partial charge in [-0.25, -0.2) is 0 Å². The number of hydrogen-bond donors (Lipinski definition) is 0. The molecular weight excluding hydrogens is 212 g/mol. The lowest BCUT2D eigenvalue weighted by molar-refractivity contribution is -0.131. The first-order chi connectivity index (χ1) is 8.16. The van der Waals surface area contributed by atoms with Crippen LogP contribution in [0.25, 0.3) is 11.1 Å². The number of benzene rings is 2. The summed E-state index contributed by atoms with van der Waals surface area (Å²) in [6.07, 6.45) is 0. The SMILES string of the molecule is CC(=O)Oc1ccc(-c2ccccc2)cc1C. The Morgan fingerprint density at radius 3 is 2.29 bits per heavy atom. The number of carbonyl (C=O) groups is 1. The monoisotopic (exact) mass is 226 g/mol. The molecule has 2 rings (SSSR count). The number of aryl methyl sites for hydroxylation is 1. The third-order valence-electron chi connectivity index (χ3n) is 2.54. The van der Waals surface area contributed by atoms with Gasteiger partial charge in [0.25, 0.3) is 0 Å². The maximum Gasteiger partial charge on any atom is 0.308 e. The molecule has 0 aliphatic heterocycles. The van der Waals surface area contributed by atoms with E-state index >= 15 is 0 Å². The van der Waals surface area contributed by atoms with Gasteiger partial charge in [0.2, 0.25) is 0 Å². The van der Waals surface area contributed by atoms with Crippen LogP contribution in [0.5, 0.6) is 5.75 Å². The molecule has 0 atom stereocenters. The van der Waals surface area contributed by atoms with E-state index in [9.17, 15) is 4.79 Å². The van der Waals surface area contributed by atoms with E-state index in [1.54, 1.807) is 0 Å². The first kappa shape index (κ1) is 11.4. The molecule has 0 spiro atoms. The van der Waals surface area contributed by atoms with Crippen molar-refractivity contribution in [3.05, 3.63) is 54.1 Å². The van der Waals surface area contributed by atoms with E-state index in [2.05, 4.69) is 12.1 Å². The molecule has 0 saturated heterocycles. The summed E-state index contributed by atoms with van der Waals surface area (Å²) in [6.45, 7) is 3.34. The zero-order chi connectivity index (χ0) is 12.3. The highest BCUT2D eigenvalue weighted by molar-refractivity contribution is 5.71. The first-order valence-corrected chi connectivity index (χ1v) is 5.51. The number of hydrogen-bond acceptors (Lipinski definition) is 2. The summed E-state index contributed by atoms with van der Waals surface area (Å²) in [7, 11) is 0. The van der Waals surface area contributed by atoms with Crippen LogP contribution in [0.1, 0.15) is 12.5 Å². The fraction of sp³-hybridized carbons (Fsp3) is 0.133. The average Bonchev–Trinajstić information content (AvgIpc) is 2.32. The van der Waals surface area contributed by atoms with Crippen LogP contribution < -0.4 is 4.74 Å². The Bertz CT molecular complexity index is 530. The second-order valence-electron chi connectivity index (χ2n) is 3.94. The van der Waals surface area contributed by atoms with Crippen molar-refractivity contribution in [3.63, 3.8) is 0 Å². The molecule has 0 unspecified atom stereocenters. The topological polar surface area (TPSA) is 26.3 Å². The van der Waals surface area contributed by atoms with Crippen LogP contribution in [-0.4, -0.2) is 5.97 Å². The third kappa shape index (κ3) is 2.72.